The van der Waals surface area contributed by atoms with Crippen LogP contribution in [-0.4, -0.2) is 13.0 Å². The maximum absolute atomic E-state index is 11.5. The molecule has 1 atom stereocenters. The molecule has 2 aromatic rings. The second kappa shape index (κ2) is 7.76. The molecule has 0 heterocycles. The average Bonchev–Trinajstić information content (AvgIpc) is 2.55. The molecule has 0 fully saturated rings. The van der Waals surface area contributed by atoms with Crippen LogP contribution in [-0.2, 0) is 6.54 Å². The maximum atomic E-state index is 11.5. The van der Waals surface area contributed by atoms with Gasteiger partial charge < -0.3 is 10.6 Å². The molecule has 0 aliphatic rings. The highest BCUT2D eigenvalue weighted by Crippen LogP contribution is 2.21. The maximum Gasteiger partial charge on any atom is 0.251 e. The van der Waals surface area contributed by atoms with E-state index >= 15 is 0 Å². The lowest BCUT2D eigenvalue weighted by molar-refractivity contribution is 0.0963. The van der Waals surface area contributed by atoms with E-state index in [1.165, 1.54) is 11.1 Å². The lowest BCUT2D eigenvalue weighted by atomic mass is 9.96. The second-order valence-corrected chi connectivity index (χ2v) is 5.79. The van der Waals surface area contributed by atoms with Gasteiger partial charge in [-0.25, -0.2) is 0 Å². The smallest absolute Gasteiger partial charge is 0.251 e. The number of carbonyl (C=O) groups excluding carboxylic acids is 1. The van der Waals surface area contributed by atoms with Gasteiger partial charge in [-0.2, -0.15) is 0 Å². The van der Waals surface area contributed by atoms with Gasteiger partial charge in [0.2, 0.25) is 0 Å². The van der Waals surface area contributed by atoms with E-state index in [0.717, 1.165) is 6.54 Å². The van der Waals surface area contributed by atoms with Crippen LogP contribution in [0.4, 0.5) is 0 Å². The summed E-state index contributed by atoms with van der Waals surface area (Å²) in [5.41, 5.74) is 3.17. The topological polar surface area (TPSA) is 41.1 Å². The Balaban J connectivity index is 2.02. The van der Waals surface area contributed by atoms with Crippen LogP contribution in [0.15, 0.2) is 54.6 Å². The van der Waals surface area contributed by atoms with E-state index < -0.39 is 0 Å². The lowest BCUT2D eigenvalue weighted by Crippen LogP contribution is -2.25. The number of nitrogens with one attached hydrogen (secondary N) is 2. The number of carbonyl (C=O) groups is 1. The first-order valence-electron chi connectivity index (χ1n) is 7.71. The molecule has 0 saturated heterocycles. The van der Waals surface area contributed by atoms with Crippen molar-refractivity contribution in [1.29, 1.82) is 0 Å². The highest BCUT2D eigenvalue weighted by molar-refractivity contribution is 5.93. The van der Waals surface area contributed by atoms with Crippen LogP contribution in [0.5, 0.6) is 0 Å². The summed E-state index contributed by atoms with van der Waals surface area (Å²) in [4.78, 5) is 11.5. The predicted molar refractivity (Wildman–Crippen MR) is 90.7 cm³/mol. The Bertz CT molecular complexity index is 591. The zero-order valence-electron chi connectivity index (χ0n) is 13.5. The fourth-order valence-corrected chi connectivity index (χ4v) is 2.54. The second-order valence-electron chi connectivity index (χ2n) is 5.79. The van der Waals surface area contributed by atoms with Crippen molar-refractivity contribution in [2.24, 2.45) is 5.92 Å². The van der Waals surface area contributed by atoms with E-state index in [1.807, 2.05) is 30.3 Å². The fourth-order valence-electron chi connectivity index (χ4n) is 2.54. The molecule has 22 heavy (non-hydrogen) atoms. The summed E-state index contributed by atoms with van der Waals surface area (Å²) in [6.07, 6.45) is 0. The van der Waals surface area contributed by atoms with E-state index in [0.29, 0.717) is 17.5 Å². The molecule has 0 aliphatic carbocycles. The van der Waals surface area contributed by atoms with Gasteiger partial charge in [-0.1, -0.05) is 56.3 Å². The van der Waals surface area contributed by atoms with Gasteiger partial charge in [0.05, 0.1) is 0 Å². The number of hydrogen-bond donors (Lipinski definition) is 2. The molecule has 116 valence electrons. The molecule has 1 amide bonds. The molecular formula is C19H24N2O. The molecule has 0 unspecified atom stereocenters. The summed E-state index contributed by atoms with van der Waals surface area (Å²) in [5.74, 6) is 0.455. The zero-order chi connectivity index (χ0) is 15.9. The van der Waals surface area contributed by atoms with E-state index in [9.17, 15) is 4.79 Å². The van der Waals surface area contributed by atoms with Crippen molar-refractivity contribution in [3.05, 3.63) is 71.3 Å². The van der Waals surface area contributed by atoms with Crippen LogP contribution in [0.3, 0.4) is 0 Å². The molecule has 2 N–H and O–H groups in total. The Morgan fingerprint density at radius 1 is 1.00 bits per heavy atom. The Morgan fingerprint density at radius 3 is 2.18 bits per heavy atom. The molecule has 3 nitrogen and oxygen atoms in total. The number of amides is 1. The summed E-state index contributed by atoms with van der Waals surface area (Å²) in [6.45, 7) is 5.23. The molecule has 0 aliphatic heterocycles. The van der Waals surface area contributed by atoms with E-state index in [4.69, 9.17) is 0 Å². The molecule has 3 heteroatoms. The summed E-state index contributed by atoms with van der Waals surface area (Å²) >= 11 is 0. The first-order valence-corrected chi connectivity index (χ1v) is 7.71. The third-order valence-corrected chi connectivity index (χ3v) is 3.79. The van der Waals surface area contributed by atoms with Gasteiger partial charge in [-0.05, 0) is 29.2 Å². The standard InChI is InChI=1S/C19H24N2O/c1-14(2)18(16-7-5-4-6-8-16)21-13-15-9-11-17(12-10-15)19(22)20-3/h4-12,14,18,21H,13H2,1-3H3,(H,20,22)/t18-/m1/s1. The number of hydrogen-bond acceptors (Lipinski definition) is 2. The van der Waals surface area contributed by atoms with Crippen molar-refractivity contribution >= 4 is 5.91 Å². The SMILES string of the molecule is CNC(=O)c1ccc(CN[C@@H](c2ccccc2)C(C)C)cc1. The third kappa shape index (κ3) is 4.18. The highest BCUT2D eigenvalue weighted by atomic mass is 16.1. The molecule has 0 bridgehead atoms. The van der Waals surface area contributed by atoms with E-state index in [1.54, 1.807) is 7.05 Å². The number of rotatable bonds is 6. The van der Waals surface area contributed by atoms with Crippen molar-refractivity contribution in [3.8, 4) is 0 Å². The minimum atomic E-state index is -0.0520. The molecule has 0 radical (unpaired) electrons. The summed E-state index contributed by atoms with van der Waals surface area (Å²) in [5, 5.41) is 6.25. The first-order chi connectivity index (χ1) is 10.6. The van der Waals surface area contributed by atoms with Gasteiger partial charge in [0.15, 0.2) is 0 Å². The zero-order valence-corrected chi connectivity index (χ0v) is 13.5. The van der Waals surface area contributed by atoms with Crippen LogP contribution in [0.25, 0.3) is 0 Å². The predicted octanol–water partition coefficient (Wildman–Crippen LogP) is 3.53. The summed E-state index contributed by atoms with van der Waals surface area (Å²) < 4.78 is 0. The van der Waals surface area contributed by atoms with Gasteiger partial charge in [0, 0.05) is 25.2 Å². The minimum absolute atomic E-state index is 0.0520. The Labute approximate surface area is 132 Å². The summed E-state index contributed by atoms with van der Waals surface area (Å²) in [6, 6.07) is 18.6. The molecule has 0 aromatic heterocycles. The number of benzene rings is 2. The quantitative estimate of drug-likeness (QED) is 0.856. The normalized spacial score (nSPS) is 12.2. The van der Waals surface area contributed by atoms with Crippen LogP contribution >= 0.6 is 0 Å². The molecule has 2 aromatic carbocycles. The molecular weight excluding hydrogens is 272 g/mol. The summed E-state index contributed by atoms with van der Waals surface area (Å²) in [7, 11) is 1.64. The molecule has 0 saturated carbocycles. The lowest BCUT2D eigenvalue weighted by Gasteiger charge is -2.23. The van der Waals surface area contributed by atoms with Crippen LogP contribution < -0.4 is 10.6 Å². The van der Waals surface area contributed by atoms with Crippen LogP contribution in [0.2, 0.25) is 0 Å². The van der Waals surface area contributed by atoms with E-state index in [2.05, 4.69) is 48.7 Å². The van der Waals surface area contributed by atoms with Gasteiger partial charge >= 0.3 is 0 Å². The monoisotopic (exact) mass is 296 g/mol. The van der Waals surface area contributed by atoms with Crippen molar-refractivity contribution in [3.63, 3.8) is 0 Å². The van der Waals surface area contributed by atoms with Gasteiger partial charge in [-0.3, -0.25) is 4.79 Å². The van der Waals surface area contributed by atoms with Crippen molar-refractivity contribution in [2.75, 3.05) is 7.05 Å². The van der Waals surface area contributed by atoms with Crippen molar-refractivity contribution in [2.45, 2.75) is 26.4 Å². The fraction of sp³-hybridized carbons (Fsp3) is 0.316. The van der Waals surface area contributed by atoms with Crippen LogP contribution in [0, 0.1) is 5.92 Å². The van der Waals surface area contributed by atoms with Gasteiger partial charge in [0.1, 0.15) is 0 Å². The van der Waals surface area contributed by atoms with Crippen molar-refractivity contribution in [1.82, 2.24) is 10.6 Å². The van der Waals surface area contributed by atoms with Gasteiger partial charge in [-0.15, -0.1) is 0 Å². The Kier molecular flexibility index (Phi) is 5.73. The highest BCUT2D eigenvalue weighted by Gasteiger charge is 2.14. The average molecular weight is 296 g/mol. The first kappa shape index (κ1) is 16.2. The largest absolute Gasteiger partial charge is 0.355 e. The van der Waals surface area contributed by atoms with Crippen molar-refractivity contribution < 1.29 is 4.79 Å². The molecule has 2 rings (SSSR count). The minimum Gasteiger partial charge on any atom is -0.355 e. The third-order valence-electron chi connectivity index (χ3n) is 3.79. The van der Waals surface area contributed by atoms with E-state index in [-0.39, 0.29) is 5.91 Å². The van der Waals surface area contributed by atoms with Gasteiger partial charge in [0.25, 0.3) is 5.91 Å². The Morgan fingerprint density at radius 2 is 1.64 bits per heavy atom. The van der Waals surface area contributed by atoms with Crippen LogP contribution in [0.1, 0.15) is 41.4 Å². The molecule has 0 spiro atoms. The Hall–Kier alpha value is -2.13.